The fourth-order valence-corrected chi connectivity index (χ4v) is 0.894. The molecular formula is C8H10N2O. The Hall–Kier alpha value is -1.38. The Bertz CT molecular complexity index is 271. The van der Waals surface area contributed by atoms with Crippen LogP contribution in [-0.2, 0) is 11.2 Å². The van der Waals surface area contributed by atoms with Crippen LogP contribution in [0, 0.1) is 6.92 Å². The normalized spacial score (nSPS) is 9.55. The van der Waals surface area contributed by atoms with Gasteiger partial charge in [-0.05, 0) is 18.6 Å². The summed E-state index contributed by atoms with van der Waals surface area (Å²) in [5.41, 5.74) is 7.88. The molecule has 0 amide bonds. The molecule has 0 saturated carbocycles. The van der Waals surface area contributed by atoms with E-state index in [-0.39, 0.29) is 0 Å². The number of rotatable bonds is 2. The smallest absolute Gasteiger partial charge is 0.124 e. The van der Waals surface area contributed by atoms with Crippen molar-refractivity contribution in [3.8, 4) is 0 Å². The molecule has 0 radical (unpaired) electrons. The first kappa shape index (κ1) is 7.72. The molecule has 0 aliphatic carbocycles. The molecule has 2 N–H and O–H groups in total. The van der Waals surface area contributed by atoms with E-state index in [1.807, 2.05) is 13.0 Å². The van der Waals surface area contributed by atoms with Crippen LogP contribution in [0.1, 0.15) is 11.3 Å². The van der Waals surface area contributed by atoms with Gasteiger partial charge in [0.25, 0.3) is 0 Å². The third-order valence-corrected chi connectivity index (χ3v) is 1.46. The second-order valence-electron chi connectivity index (χ2n) is 2.40. The zero-order chi connectivity index (χ0) is 8.27. The number of nitrogen functional groups attached to an aromatic ring is 1. The highest BCUT2D eigenvalue weighted by molar-refractivity contribution is 5.60. The summed E-state index contributed by atoms with van der Waals surface area (Å²) in [5.74, 6) is 0. The van der Waals surface area contributed by atoms with Crippen molar-refractivity contribution in [2.45, 2.75) is 13.3 Å². The van der Waals surface area contributed by atoms with Crippen LogP contribution in [0.25, 0.3) is 0 Å². The SMILES string of the molecule is Cc1cc(CC=O)c(N)cn1. The van der Waals surface area contributed by atoms with Gasteiger partial charge in [-0.3, -0.25) is 4.98 Å². The molecule has 0 fully saturated rings. The average Bonchev–Trinajstić information content (AvgIpc) is 1.98. The number of hydrogen-bond acceptors (Lipinski definition) is 3. The monoisotopic (exact) mass is 150 g/mol. The summed E-state index contributed by atoms with van der Waals surface area (Å²) in [5, 5.41) is 0. The largest absolute Gasteiger partial charge is 0.397 e. The Labute approximate surface area is 65.2 Å². The van der Waals surface area contributed by atoms with E-state index in [2.05, 4.69) is 4.98 Å². The number of nitrogens with zero attached hydrogens (tertiary/aromatic N) is 1. The van der Waals surface area contributed by atoms with Crippen molar-refractivity contribution in [2.24, 2.45) is 0 Å². The second-order valence-corrected chi connectivity index (χ2v) is 2.40. The van der Waals surface area contributed by atoms with Crippen molar-refractivity contribution in [1.82, 2.24) is 4.98 Å². The van der Waals surface area contributed by atoms with Gasteiger partial charge in [-0.1, -0.05) is 0 Å². The summed E-state index contributed by atoms with van der Waals surface area (Å²) in [6.45, 7) is 1.87. The van der Waals surface area contributed by atoms with E-state index >= 15 is 0 Å². The molecule has 0 aliphatic heterocycles. The molecule has 0 bridgehead atoms. The predicted molar refractivity (Wildman–Crippen MR) is 43.2 cm³/mol. The number of aryl methyl sites for hydroxylation is 1. The molecule has 1 aromatic heterocycles. The highest BCUT2D eigenvalue weighted by Crippen LogP contribution is 2.10. The maximum absolute atomic E-state index is 10.2. The fourth-order valence-electron chi connectivity index (χ4n) is 0.894. The van der Waals surface area contributed by atoms with Crippen LogP contribution < -0.4 is 5.73 Å². The average molecular weight is 150 g/mol. The van der Waals surface area contributed by atoms with Crippen LogP contribution >= 0.6 is 0 Å². The van der Waals surface area contributed by atoms with Crippen molar-refractivity contribution in [3.63, 3.8) is 0 Å². The zero-order valence-electron chi connectivity index (χ0n) is 6.37. The van der Waals surface area contributed by atoms with Gasteiger partial charge in [0.05, 0.1) is 11.9 Å². The third-order valence-electron chi connectivity index (χ3n) is 1.46. The molecular weight excluding hydrogens is 140 g/mol. The van der Waals surface area contributed by atoms with E-state index in [1.54, 1.807) is 6.20 Å². The first-order valence-electron chi connectivity index (χ1n) is 3.38. The Morgan fingerprint density at radius 1 is 1.73 bits per heavy atom. The van der Waals surface area contributed by atoms with Gasteiger partial charge in [-0.15, -0.1) is 0 Å². The summed E-state index contributed by atoms with van der Waals surface area (Å²) in [6.07, 6.45) is 2.79. The molecule has 1 aromatic rings. The molecule has 0 aromatic carbocycles. The van der Waals surface area contributed by atoms with E-state index in [1.165, 1.54) is 0 Å². The van der Waals surface area contributed by atoms with E-state index < -0.39 is 0 Å². The minimum Gasteiger partial charge on any atom is -0.397 e. The van der Waals surface area contributed by atoms with Crippen molar-refractivity contribution >= 4 is 12.0 Å². The maximum atomic E-state index is 10.2. The van der Waals surface area contributed by atoms with E-state index in [9.17, 15) is 4.79 Å². The predicted octanol–water partition coefficient (Wildman–Crippen LogP) is 0.714. The van der Waals surface area contributed by atoms with Gasteiger partial charge in [0.2, 0.25) is 0 Å². The minimum atomic E-state index is 0.370. The molecule has 11 heavy (non-hydrogen) atoms. The third kappa shape index (κ3) is 1.77. The second kappa shape index (κ2) is 3.14. The van der Waals surface area contributed by atoms with E-state index in [4.69, 9.17) is 5.73 Å². The number of carbonyl (C=O) groups is 1. The molecule has 1 heterocycles. The highest BCUT2D eigenvalue weighted by atomic mass is 16.1. The Kier molecular flexibility index (Phi) is 2.21. The van der Waals surface area contributed by atoms with Gasteiger partial charge in [0, 0.05) is 12.1 Å². The summed E-state index contributed by atoms with van der Waals surface area (Å²) in [4.78, 5) is 14.1. The molecule has 3 heteroatoms. The molecule has 1 rings (SSSR count). The van der Waals surface area contributed by atoms with Crippen LogP contribution in [0.2, 0.25) is 0 Å². The van der Waals surface area contributed by atoms with Crippen LogP contribution in [0.3, 0.4) is 0 Å². The fraction of sp³-hybridized carbons (Fsp3) is 0.250. The van der Waals surface area contributed by atoms with Crippen LogP contribution in [0.4, 0.5) is 5.69 Å². The maximum Gasteiger partial charge on any atom is 0.124 e. The summed E-state index contributed by atoms with van der Waals surface area (Å²) in [6, 6.07) is 1.82. The lowest BCUT2D eigenvalue weighted by Crippen LogP contribution is -1.97. The standard InChI is InChI=1S/C8H10N2O/c1-6-4-7(2-3-11)8(9)5-10-6/h3-5H,2,9H2,1H3. The van der Waals surface area contributed by atoms with Gasteiger partial charge >= 0.3 is 0 Å². The molecule has 0 unspecified atom stereocenters. The summed E-state index contributed by atoms with van der Waals surface area (Å²) >= 11 is 0. The number of pyridine rings is 1. The molecule has 0 spiro atoms. The van der Waals surface area contributed by atoms with Crippen LogP contribution in [0.15, 0.2) is 12.3 Å². The molecule has 0 atom stereocenters. The van der Waals surface area contributed by atoms with Crippen LogP contribution in [0.5, 0.6) is 0 Å². The molecule has 0 aliphatic rings. The van der Waals surface area contributed by atoms with E-state index in [0.29, 0.717) is 12.1 Å². The van der Waals surface area contributed by atoms with Crippen molar-refractivity contribution in [1.29, 1.82) is 0 Å². The van der Waals surface area contributed by atoms with Crippen molar-refractivity contribution in [2.75, 3.05) is 5.73 Å². The van der Waals surface area contributed by atoms with Gasteiger partial charge in [-0.25, -0.2) is 0 Å². The van der Waals surface area contributed by atoms with Gasteiger partial charge in [0.1, 0.15) is 6.29 Å². The van der Waals surface area contributed by atoms with Gasteiger partial charge in [-0.2, -0.15) is 0 Å². The lowest BCUT2D eigenvalue weighted by molar-refractivity contribution is -0.107. The van der Waals surface area contributed by atoms with Gasteiger partial charge in [0.15, 0.2) is 0 Å². The Morgan fingerprint density at radius 2 is 2.45 bits per heavy atom. The number of nitrogens with two attached hydrogens (primary N) is 1. The number of aldehydes is 1. The lowest BCUT2D eigenvalue weighted by atomic mass is 10.1. The Balaban J connectivity index is 3.01. The number of anilines is 1. The molecule has 0 saturated heterocycles. The van der Waals surface area contributed by atoms with Gasteiger partial charge < -0.3 is 10.5 Å². The van der Waals surface area contributed by atoms with Crippen molar-refractivity contribution < 1.29 is 4.79 Å². The zero-order valence-corrected chi connectivity index (χ0v) is 6.37. The number of hydrogen-bond donors (Lipinski definition) is 1. The van der Waals surface area contributed by atoms with E-state index in [0.717, 1.165) is 17.5 Å². The quantitative estimate of drug-likeness (QED) is 0.632. The topological polar surface area (TPSA) is 56.0 Å². The highest BCUT2D eigenvalue weighted by Gasteiger charge is 1.97. The molecule has 58 valence electrons. The molecule has 3 nitrogen and oxygen atoms in total. The first-order chi connectivity index (χ1) is 5.24. The van der Waals surface area contributed by atoms with Crippen molar-refractivity contribution in [3.05, 3.63) is 23.5 Å². The minimum absolute atomic E-state index is 0.370. The number of aromatic nitrogens is 1. The number of carbonyl (C=O) groups excluding carboxylic acids is 1. The summed E-state index contributed by atoms with van der Waals surface area (Å²) < 4.78 is 0. The lowest BCUT2D eigenvalue weighted by Gasteiger charge is -2.00. The first-order valence-corrected chi connectivity index (χ1v) is 3.38. The summed E-state index contributed by atoms with van der Waals surface area (Å²) in [7, 11) is 0. The Morgan fingerprint density at radius 3 is 3.09 bits per heavy atom. The van der Waals surface area contributed by atoms with Crippen LogP contribution in [-0.4, -0.2) is 11.3 Å².